The Morgan fingerprint density at radius 1 is 1.12 bits per heavy atom. The predicted octanol–water partition coefficient (Wildman–Crippen LogP) is 3.00. The molecular formula is C23H28N6O3. The number of guanidine groups is 1. The Labute approximate surface area is 187 Å². The Kier molecular flexibility index (Phi) is 7.41. The van der Waals surface area contributed by atoms with Gasteiger partial charge < -0.3 is 29.4 Å². The first kappa shape index (κ1) is 21.5. The molecule has 0 aliphatic carbocycles. The van der Waals surface area contributed by atoms with Crippen LogP contribution in [0.5, 0.6) is 17.2 Å². The molecule has 9 heteroatoms. The number of hydrogen-bond donors (Lipinski definition) is 2. The van der Waals surface area contributed by atoms with E-state index in [-0.39, 0.29) is 0 Å². The van der Waals surface area contributed by atoms with E-state index in [1.807, 2.05) is 60.1 Å². The van der Waals surface area contributed by atoms with Gasteiger partial charge in [0.25, 0.3) is 0 Å². The van der Waals surface area contributed by atoms with Crippen LogP contribution in [0.25, 0.3) is 0 Å². The quantitative estimate of drug-likeness (QED) is 0.318. The highest BCUT2D eigenvalue weighted by atomic mass is 16.5. The fourth-order valence-corrected chi connectivity index (χ4v) is 3.10. The zero-order chi connectivity index (χ0) is 22.0. The van der Waals surface area contributed by atoms with Gasteiger partial charge in [-0.3, -0.25) is 0 Å². The van der Waals surface area contributed by atoms with Crippen molar-refractivity contribution in [3.8, 4) is 17.2 Å². The van der Waals surface area contributed by atoms with Gasteiger partial charge in [0.1, 0.15) is 18.6 Å². The lowest BCUT2D eigenvalue weighted by Crippen LogP contribution is -2.32. The number of benzene rings is 2. The summed E-state index contributed by atoms with van der Waals surface area (Å²) in [4.78, 5) is 4.67. The summed E-state index contributed by atoms with van der Waals surface area (Å²) in [7, 11) is 1.90. The maximum Gasteiger partial charge on any atom is 0.196 e. The predicted molar refractivity (Wildman–Crippen MR) is 122 cm³/mol. The number of para-hydroxylation sites is 1. The summed E-state index contributed by atoms with van der Waals surface area (Å²) in [5.74, 6) is 3.78. The second-order valence-corrected chi connectivity index (χ2v) is 7.30. The van der Waals surface area contributed by atoms with Gasteiger partial charge in [0.2, 0.25) is 0 Å². The van der Waals surface area contributed by atoms with E-state index in [4.69, 9.17) is 14.2 Å². The van der Waals surface area contributed by atoms with Crippen molar-refractivity contribution < 1.29 is 14.2 Å². The minimum atomic E-state index is 0.400. The highest BCUT2D eigenvalue weighted by molar-refractivity contribution is 5.93. The minimum Gasteiger partial charge on any atom is -0.494 e. The van der Waals surface area contributed by atoms with Crippen molar-refractivity contribution in [3.63, 3.8) is 0 Å². The summed E-state index contributed by atoms with van der Waals surface area (Å²) >= 11 is 0. The molecule has 1 aliphatic rings. The number of nitrogens with one attached hydrogen (secondary N) is 2. The largest absolute Gasteiger partial charge is 0.494 e. The van der Waals surface area contributed by atoms with E-state index in [1.54, 1.807) is 6.33 Å². The normalized spacial score (nSPS) is 13.3. The number of rotatable bonds is 8. The lowest BCUT2D eigenvalue weighted by molar-refractivity contribution is 0.297. The van der Waals surface area contributed by atoms with E-state index in [0.717, 1.165) is 41.6 Å². The molecule has 1 aromatic heterocycles. The molecule has 0 fully saturated rings. The number of aliphatic imine (C=N–C) groups is 1. The molecule has 32 heavy (non-hydrogen) atoms. The van der Waals surface area contributed by atoms with Crippen LogP contribution in [0, 0.1) is 0 Å². The fourth-order valence-electron chi connectivity index (χ4n) is 3.10. The van der Waals surface area contributed by atoms with Gasteiger partial charge in [0, 0.05) is 31.8 Å². The first-order valence-electron chi connectivity index (χ1n) is 10.7. The van der Waals surface area contributed by atoms with Crippen LogP contribution in [0.2, 0.25) is 0 Å². The van der Waals surface area contributed by atoms with Crippen LogP contribution in [-0.4, -0.2) is 47.1 Å². The number of nitrogens with zero attached hydrogens (tertiary/aromatic N) is 4. The van der Waals surface area contributed by atoms with Crippen molar-refractivity contribution >= 4 is 11.6 Å². The molecule has 0 atom stereocenters. The topological polar surface area (TPSA) is 94.8 Å². The Morgan fingerprint density at radius 2 is 1.97 bits per heavy atom. The molecular weight excluding hydrogens is 408 g/mol. The molecule has 0 saturated heterocycles. The first-order valence-corrected chi connectivity index (χ1v) is 10.7. The van der Waals surface area contributed by atoms with Gasteiger partial charge in [-0.2, -0.15) is 0 Å². The Morgan fingerprint density at radius 3 is 2.78 bits per heavy atom. The van der Waals surface area contributed by atoms with E-state index >= 15 is 0 Å². The summed E-state index contributed by atoms with van der Waals surface area (Å²) in [5.41, 5.74) is 0.860. The molecule has 0 saturated carbocycles. The van der Waals surface area contributed by atoms with Crippen LogP contribution in [0.4, 0.5) is 5.69 Å². The Bertz CT molecular complexity index is 1020. The number of ether oxygens (including phenoxy) is 3. The van der Waals surface area contributed by atoms with Gasteiger partial charge in [0.05, 0.1) is 19.8 Å². The number of aryl methyl sites for hydroxylation is 1. The molecule has 0 amide bonds. The average molecular weight is 437 g/mol. The third-order valence-electron chi connectivity index (χ3n) is 4.82. The first-order chi connectivity index (χ1) is 15.8. The smallest absolute Gasteiger partial charge is 0.196 e. The fraction of sp³-hybridized carbons (Fsp3) is 0.348. The SMILES string of the molecule is Cn1cnnc1CN=C(NCCCOc1ccccc1)Nc1ccc2c(c1)OCCCO2. The van der Waals surface area contributed by atoms with Gasteiger partial charge in [0.15, 0.2) is 23.3 Å². The van der Waals surface area contributed by atoms with Crippen LogP contribution in [0.1, 0.15) is 18.7 Å². The Hall–Kier alpha value is -3.75. The second-order valence-electron chi connectivity index (χ2n) is 7.30. The lowest BCUT2D eigenvalue weighted by atomic mass is 10.2. The van der Waals surface area contributed by atoms with Crippen LogP contribution in [0.15, 0.2) is 59.9 Å². The maximum absolute atomic E-state index is 5.80. The molecule has 3 aromatic rings. The van der Waals surface area contributed by atoms with Gasteiger partial charge in [-0.1, -0.05) is 18.2 Å². The molecule has 2 aromatic carbocycles. The molecule has 9 nitrogen and oxygen atoms in total. The molecule has 2 heterocycles. The van der Waals surface area contributed by atoms with E-state index in [0.29, 0.717) is 38.9 Å². The highest BCUT2D eigenvalue weighted by Crippen LogP contribution is 2.32. The molecule has 4 rings (SSSR count). The molecule has 0 unspecified atom stereocenters. The van der Waals surface area contributed by atoms with Gasteiger partial charge in [-0.15, -0.1) is 10.2 Å². The van der Waals surface area contributed by atoms with Gasteiger partial charge in [-0.05, 0) is 30.7 Å². The standard InChI is InChI=1S/C23H28N6O3/c1-29-17-26-28-22(29)16-25-23(24-11-5-12-30-19-7-3-2-4-8-19)27-18-9-10-20-21(15-18)32-14-6-13-31-20/h2-4,7-10,15,17H,5-6,11-14,16H2,1H3,(H2,24,25,27). The van der Waals surface area contributed by atoms with E-state index in [1.165, 1.54) is 0 Å². The third kappa shape index (κ3) is 6.13. The zero-order valence-electron chi connectivity index (χ0n) is 18.2. The van der Waals surface area contributed by atoms with E-state index in [9.17, 15) is 0 Å². The van der Waals surface area contributed by atoms with Gasteiger partial charge >= 0.3 is 0 Å². The van der Waals surface area contributed by atoms with Gasteiger partial charge in [-0.25, -0.2) is 4.99 Å². The van der Waals surface area contributed by atoms with Crippen molar-refractivity contribution in [1.82, 2.24) is 20.1 Å². The summed E-state index contributed by atoms with van der Waals surface area (Å²) < 4.78 is 19.1. The molecule has 168 valence electrons. The van der Waals surface area contributed by atoms with Crippen molar-refractivity contribution in [2.75, 3.05) is 31.7 Å². The molecule has 0 spiro atoms. The summed E-state index contributed by atoms with van der Waals surface area (Å²) in [5, 5.41) is 14.7. The number of aromatic nitrogens is 3. The van der Waals surface area contributed by atoms with E-state index in [2.05, 4.69) is 25.8 Å². The number of hydrogen-bond acceptors (Lipinski definition) is 6. The van der Waals surface area contributed by atoms with Crippen molar-refractivity contribution in [2.45, 2.75) is 19.4 Å². The van der Waals surface area contributed by atoms with Crippen molar-refractivity contribution in [1.29, 1.82) is 0 Å². The highest BCUT2D eigenvalue weighted by Gasteiger charge is 2.11. The Balaban J connectivity index is 1.37. The molecule has 0 radical (unpaired) electrons. The van der Waals surface area contributed by atoms with Crippen LogP contribution >= 0.6 is 0 Å². The lowest BCUT2D eigenvalue weighted by Gasteiger charge is -2.15. The summed E-state index contributed by atoms with van der Waals surface area (Å²) in [6.07, 6.45) is 3.35. The van der Waals surface area contributed by atoms with Crippen LogP contribution in [-0.2, 0) is 13.6 Å². The molecule has 2 N–H and O–H groups in total. The second kappa shape index (κ2) is 11.0. The monoisotopic (exact) mass is 436 g/mol. The summed E-state index contributed by atoms with van der Waals surface area (Å²) in [6, 6.07) is 15.6. The number of fused-ring (bicyclic) bond motifs is 1. The molecule has 1 aliphatic heterocycles. The van der Waals surface area contributed by atoms with Crippen molar-refractivity contribution in [3.05, 3.63) is 60.7 Å². The minimum absolute atomic E-state index is 0.400. The average Bonchev–Trinajstić information content (AvgIpc) is 3.08. The van der Waals surface area contributed by atoms with Crippen molar-refractivity contribution in [2.24, 2.45) is 12.0 Å². The maximum atomic E-state index is 5.80. The third-order valence-corrected chi connectivity index (χ3v) is 4.82. The molecule has 0 bridgehead atoms. The van der Waals surface area contributed by atoms with E-state index < -0.39 is 0 Å². The number of anilines is 1. The zero-order valence-corrected chi connectivity index (χ0v) is 18.2. The van der Waals surface area contributed by atoms with Crippen LogP contribution < -0.4 is 24.8 Å². The van der Waals surface area contributed by atoms with Crippen LogP contribution in [0.3, 0.4) is 0 Å². The summed E-state index contributed by atoms with van der Waals surface area (Å²) in [6.45, 7) is 3.01.